The van der Waals surface area contributed by atoms with Gasteiger partial charge in [0, 0.05) is 0 Å². The van der Waals surface area contributed by atoms with Crippen LogP contribution in [-0.2, 0) is 16.8 Å². The molecule has 138 valence electrons. The number of nitrogens with zero attached hydrogens (tertiary/aromatic N) is 1. The van der Waals surface area contributed by atoms with Gasteiger partial charge in [0.05, 0.1) is 0 Å². The molecule has 0 aliphatic carbocycles. The van der Waals surface area contributed by atoms with E-state index in [4.69, 9.17) is 46.4 Å². The molecule has 3 rings (SSSR count). The first kappa shape index (κ1) is 20.7. The summed E-state index contributed by atoms with van der Waals surface area (Å²) in [5, 5.41) is 2.10. The third-order valence-corrected chi connectivity index (χ3v) is 6.58. The normalized spacial score (nSPS) is 11.0. The van der Waals surface area contributed by atoms with Gasteiger partial charge in [-0.3, -0.25) is 0 Å². The monoisotopic (exact) mass is 499 g/mol. The van der Waals surface area contributed by atoms with Crippen LogP contribution in [0.5, 0.6) is 0 Å². The molecule has 0 fully saturated rings. The Morgan fingerprint density at radius 2 is 1.15 bits per heavy atom. The predicted molar refractivity (Wildman–Crippen MR) is 115 cm³/mol. The zero-order valence-corrected chi connectivity index (χ0v) is 18.9. The van der Waals surface area contributed by atoms with Crippen LogP contribution in [0.25, 0.3) is 0 Å². The van der Waals surface area contributed by atoms with Crippen molar-refractivity contribution in [2.24, 2.45) is 0 Å². The van der Waals surface area contributed by atoms with Gasteiger partial charge in [-0.15, -0.1) is 0 Å². The molecule has 0 radical (unpaired) electrons. The first-order valence-corrected chi connectivity index (χ1v) is 11.2. The van der Waals surface area contributed by atoms with Crippen LogP contribution in [0, 0.1) is 0 Å². The fraction of sp³-hybridized carbons (Fsp3) is 0.100. The predicted octanol–water partition coefficient (Wildman–Crippen LogP) is 6.18. The molecule has 0 spiro atoms. The molecule has 0 aliphatic heterocycles. The van der Waals surface area contributed by atoms with Gasteiger partial charge >= 0.3 is 186 Å². The molecule has 0 atom stereocenters. The Hall–Kier alpha value is -1.02. The number of hydrogen-bond acceptors (Lipinski definition) is 2. The molecule has 0 bridgehead atoms. The maximum absolute atomic E-state index is 11.2. The quantitative estimate of drug-likeness (QED) is 0.376. The van der Waals surface area contributed by atoms with Crippen LogP contribution in [0.1, 0.15) is 11.1 Å². The number of benzene rings is 3. The molecule has 0 N–H and O–H groups in total. The molecule has 0 aromatic heterocycles. The Bertz CT molecular complexity index is 909. The van der Waals surface area contributed by atoms with E-state index in [2.05, 4.69) is 4.90 Å². The van der Waals surface area contributed by atoms with E-state index in [9.17, 15) is 3.74 Å². The van der Waals surface area contributed by atoms with E-state index in [0.717, 1.165) is 21.2 Å². The Morgan fingerprint density at radius 1 is 0.667 bits per heavy atom. The second-order valence-electron chi connectivity index (χ2n) is 5.96. The van der Waals surface area contributed by atoms with Crippen LogP contribution in [0.4, 0.5) is 5.69 Å². The van der Waals surface area contributed by atoms with Gasteiger partial charge in [0.15, 0.2) is 0 Å². The molecular formula is C20H14AsCl4NO. The van der Waals surface area contributed by atoms with Crippen molar-refractivity contribution in [3.05, 3.63) is 91.9 Å². The van der Waals surface area contributed by atoms with E-state index in [1.54, 1.807) is 12.1 Å². The summed E-state index contributed by atoms with van der Waals surface area (Å²) in [5.74, 6) is 0. The Morgan fingerprint density at radius 3 is 1.56 bits per heavy atom. The van der Waals surface area contributed by atoms with Gasteiger partial charge in [-0.1, -0.05) is 0 Å². The van der Waals surface area contributed by atoms with Crippen LogP contribution in [0.3, 0.4) is 0 Å². The molecule has 2 nitrogen and oxygen atoms in total. The van der Waals surface area contributed by atoms with Gasteiger partial charge < -0.3 is 0 Å². The van der Waals surface area contributed by atoms with E-state index in [1.165, 1.54) is 0 Å². The molecule has 0 saturated heterocycles. The van der Waals surface area contributed by atoms with Gasteiger partial charge in [-0.2, -0.15) is 0 Å². The molecule has 3 aromatic carbocycles. The topological polar surface area (TPSA) is 20.3 Å². The number of halogens is 4. The van der Waals surface area contributed by atoms with E-state index in [0.29, 0.717) is 33.2 Å². The van der Waals surface area contributed by atoms with Crippen molar-refractivity contribution in [3.63, 3.8) is 0 Å². The van der Waals surface area contributed by atoms with Gasteiger partial charge in [-0.05, 0) is 0 Å². The van der Waals surface area contributed by atoms with Crippen LogP contribution in [0.2, 0.25) is 20.1 Å². The minimum absolute atomic E-state index is 0.523. The summed E-state index contributed by atoms with van der Waals surface area (Å²) in [6.45, 7) is 1.25. The summed E-state index contributed by atoms with van der Waals surface area (Å²) in [6.07, 6.45) is 0. The summed E-state index contributed by atoms with van der Waals surface area (Å²) in [4.78, 5) is 2.18. The third-order valence-electron chi connectivity index (χ3n) is 4.04. The Balaban J connectivity index is 1.92. The molecule has 0 aliphatic rings. The standard InChI is InChI=1S/C20H14AsCl4NO/c22-17-7-1-13(9-19(17)24)11-26(16-5-3-15(21-27)4-6-16)12-14-2-8-18(23)20(25)10-14/h1-10H,11-12H2. The second kappa shape index (κ2) is 9.45. The maximum atomic E-state index is 11.2. The summed E-state index contributed by atoms with van der Waals surface area (Å²) >= 11 is 23.4. The van der Waals surface area contributed by atoms with Crippen molar-refractivity contribution in [3.8, 4) is 0 Å². The van der Waals surface area contributed by atoms with Crippen molar-refractivity contribution in [1.29, 1.82) is 0 Å². The van der Waals surface area contributed by atoms with Crippen molar-refractivity contribution in [2.45, 2.75) is 13.1 Å². The van der Waals surface area contributed by atoms with Gasteiger partial charge in [0.25, 0.3) is 0 Å². The zero-order valence-electron chi connectivity index (χ0n) is 14.0. The fourth-order valence-corrected chi connectivity index (χ4v) is 3.89. The molecule has 7 heteroatoms. The molecule has 0 saturated carbocycles. The minimum atomic E-state index is -1.03. The molecular weight excluding hydrogens is 487 g/mol. The van der Waals surface area contributed by atoms with E-state index >= 15 is 0 Å². The molecule has 0 heterocycles. The number of anilines is 1. The van der Waals surface area contributed by atoms with Crippen molar-refractivity contribution >= 4 is 72.1 Å². The van der Waals surface area contributed by atoms with Crippen LogP contribution in [0.15, 0.2) is 60.7 Å². The van der Waals surface area contributed by atoms with Crippen LogP contribution >= 0.6 is 46.4 Å². The van der Waals surface area contributed by atoms with Crippen LogP contribution < -0.4 is 9.25 Å². The third kappa shape index (κ3) is 5.50. The SMILES string of the molecule is O=[As]c1ccc(N(Cc2ccc(Cl)c(Cl)c2)Cc2ccc(Cl)c(Cl)c2)cc1. The van der Waals surface area contributed by atoms with Crippen molar-refractivity contribution in [1.82, 2.24) is 0 Å². The first-order valence-electron chi connectivity index (χ1n) is 8.02. The van der Waals surface area contributed by atoms with E-state index in [-0.39, 0.29) is 0 Å². The second-order valence-corrected chi connectivity index (χ2v) is 9.06. The summed E-state index contributed by atoms with van der Waals surface area (Å²) < 4.78 is 12.0. The molecule has 27 heavy (non-hydrogen) atoms. The van der Waals surface area contributed by atoms with E-state index in [1.807, 2.05) is 48.5 Å². The summed E-state index contributed by atoms with van der Waals surface area (Å²) in [5.41, 5.74) is 3.07. The summed E-state index contributed by atoms with van der Waals surface area (Å²) in [7, 11) is 0. The van der Waals surface area contributed by atoms with Gasteiger partial charge in [0.1, 0.15) is 0 Å². The average Bonchev–Trinajstić information content (AvgIpc) is 2.67. The Labute approximate surface area is 184 Å². The Kier molecular flexibility index (Phi) is 7.25. The van der Waals surface area contributed by atoms with Gasteiger partial charge in [-0.25, -0.2) is 0 Å². The van der Waals surface area contributed by atoms with Crippen molar-refractivity contribution in [2.75, 3.05) is 4.90 Å². The first-order chi connectivity index (χ1) is 13.0. The zero-order chi connectivity index (χ0) is 19.4. The molecule has 0 amide bonds. The van der Waals surface area contributed by atoms with Gasteiger partial charge in [0.2, 0.25) is 0 Å². The van der Waals surface area contributed by atoms with E-state index < -0.39 is 15.7 Å². The molecule has 0 unspecified atom stereocenters. The average molecular weight is 501 g/mol. The number of rotatable bonds is 6. The molecule has 3 aromatic rings. The van der Waals surface area contributed by atoms with Crippen molar-refractivity contribution < 1.29 is 3.74 Å². The summed E-state index contributed by atoms with van der Waals surface area (Å²) in [6, 6.07) is 18.9. The fourth-order valence-electron chi connectivity index (χ4n) is 2.68. The number of hydrogen-bond donors (Lipinski definition) is 0. The van der Waals surface area contributed by atoms with Crippen LogP contribution in [-0.4, -0.2) is 15.7 Å².